The molecule has 6 heterocycles. The van der Waals surface area contributed by atoms with Crippen molar-refractivity contribution < 1.29 is 109 Å². The Bertz CT molecular complexity index is 4270. The average Bonchev–Trinajstić information content (AvgIpc) is 4.17. The molecule has 3 aromatic heterocycles. The lowest BCUT2D eigenvalue weighted by atomic mass is 10.0. The first-order valence-corrected chi connectivity index (χ1v) is 21.1. The number of fused-ring (bicyclic) bond motifs is 2. The van der Waals surface area contributed by atoms with Gasteiger partial charge in [0, 0.05) is 12.4 Å². The van der Waals surface area contributed by atoms with Crippen molar-refractivity contribution in [2.24, 2.45) is 5.10 Å². The molecule has 32 heteroatoms. The summed E-state index contributed by atoms with van der Waals surface area (Å²) in [5.74, 6) is -24.3. The van der Waals surface area contributed by atoms with Gasteiger partial charge in [0.2, 0.25) is 5.88 Å². The van der Waals surface area contributed by atoms with Gasteiger partial charge in [-0.25, -0.2) is 67.0 Å². The summed E-state index contributed by atoms with van der Waals surface area (Å²) in [4.78, 5) is 175. The molecule has 8 rings (SSSR count). The smallest absolute Gasteiger partial charge is 0.338 e. The number of hydrogen-bond acceptors (Lipinski definition) is 18. The summed E-state index contributed by atoms with van der Waals surface area (Å²) in [5, 5.41) is 119. The molecule has 0 spiro atoms. The van der Waals surface area contributed by atoms with E-state index in [2.05, 4.69) is 20.2 Å². The zero-order chi connectivity index (χ0) is 58.0. The van der Waals surface area contributed by atoms with Gasteiger partial charge < -0.3 is 56.2 Å². The van der Waals surface area contributed by atoms with E-state index in [0.29, 0.717) is 71.6 Å². The molecule has 1 amide bonds. The molecule has 0 radical (unpaired) electrons. The van der Waals surface area contributed by atoms with Crippen molar-refractivity contribution in [2.45, 2.75) is 0 Å². The lowest BCUT2D eigenvalue weighted by Crippen LogP contribution is -2.47. The molecule has 0 fully saturated rings. The molecular weight excluding hydrogens is 1060 g/mol. The molecule has 0 atom stereocenters. The van der Waals surface area contributed by atoms with Crippen molar-refractivity contribution in [1.82, 2.24) is 28.9 Å². The summed E-state index contributed by atoms with van der Waals surface area (Å²) >= 11 is 0. The predicted octanol–water partition coefficient (Wildman–Crippen LogP) is 0.445. The summed E-state index contributed by atoms with van der Waals surface area (Å²) in [6.07, 6.45) is 2.63. The van der Waals surface area contributed by atoms with Crippen molar-refractivity contribution >= 4 is 83.4 Å². The first-order chi connectivity index (χ1) is 37.1. The fraction of sp³-hybridized carbons (Fsp3) is 0. The van der Waals surface area contributed by atoms with Gasteiger partial charge in [0.15, 0.2) is 11.3 Å². The third kappa shape index (κ3) is 8.98. The molecule has 3 aliphatic rings. The Labute approximate surface area is 430 Å². The first kappa shape index (κ1) is 52.8. The second-order valence-corrected chi connectivity index (χ2v) is 16.0. The maximum Gasteiger partial charge on any atom is 0.338 e. The fourth-order valence-electron chi connectivity index (χ4n) is 8.03. The van der Waals surface area contributed by atoms with Gasteiger partial charge in [-0.3, -0.25) is 14.4 Å². The highest BCUT2D eigenvalue weighted by atomic mass is 16.4. The number of carbonyl (C=O) groups excluding carboxylic acids is 1. The number of pyridine rings is 4. The molecule has 0 saturated heterocycles. The van der Waals surface area contributed by atoms with Crippen molar-refractivity contribution in [3.63, 3.8) is 0 Å². The fourth-order valence-corrected chi connectivity index (χ4v) is 8.03. The number of anilines is 1. The van der Waals surface area contributed by atoms with Crippen LogP contribution in [0.25, 0.3) is 40.9 Å². The molecule has 396 valence electrons. The van der Waals surface area contributed by atoms with Gasteiger partial charge in [-0.1, -0.05) is 6.08 Å². The van der Waals surface area contributed by atoms with Crippen molar-refractivity contribution in [1.29, 1.82) is 0 Å². The number of aromatic hydroxyl groups is 1. The van der Waals surface area contributed by atoms with Gasteiger partial charge >= 0.3 is 59.7 Å². The summed E-state index contributed by atoms with van der Waals surface area (Å²) in [7, 11) is 0. The van der Waals surface area contributed by atoms with Gasteiger partial charge in [0.1, 0.15) is 22.8 Å². The minimum atomic E-state index is -2.13. The monoisotopic (exact) mass is 1080 g/mol. The van der Waals surface area contributed by atoms with Crippen molar-refractivity contribution in [3.05, 3.63) is 165 Å². The summed E-state index contributed by atoms with van der Waals surface area (Å²) in [6.45, 7) is 0. The van der Waals surface area contributed by atoms with E-state index in [1.54, 1.807) is 0 Å². The number of carboxylic acids is 10. The van der Waals surface area contributed by atoms with E-state index in [1.807, 2.05) is 0 Å². The largest absolute Gasteiger partial charge is 0.494 e. The second kappa shape index (κ2) is 19.4. The van der Waals surface area contributed by atoms with Crippen LogP contribution in [-0.4, -0.2) is 151 Å². The molecule has 0 unspecified atom stereocenters. The predicted molar refractivity (Wildman–Crippen MR) is 252 cm³/mol. The SMILES string of the molecule is O=C(O)c1cc(C(=O)O)cc(N2N=c3c(c(C(=O)O)c(=CC=Cc4c(C(=O)O)c5c(=O)n(-c6cc(C(=O)O)cc(C(=O)O)c6)nc-5n(-c5cc(C(=O)O)c(C(=O)O)cn5)c4O)c(=O)n3-c3cc(C(=O)O)c(C(=O)O)cn3)C2=O)c1. The highest BCUT2D eigenvalue weighted by Gasteiger charge is 2.37. The summed E-state index contributed by atoms with van der Waals surface area (Å²) in [5.41, 5.74) is -18.2. The number of amides is 1. The number of benzene rings is 2. The van der Waals surface area contributed by atoms with Gasteiger partial charge in [-0.15, -0.1) is 10.2 Å². The highest BCUT2D eigenvalue weighted by molar-refractivity contribution is 6.14. The second-order valence-electron chi connectivity index (χ2n) is 16.0. The van der Waals surface area contributed by atoms with Crippen LogP contribution in [0.5, 0.6) is 5.88 Å². The lowest BCUT2D eigenvalue weighted by Gasteiger charge is -2.18. The van der Waals surface area contributed by atoms with E-state index < -0.39 is 194 Å². The van der Waals surface area contributed by atoms with E-state index >= 15 is 0 Å². The Morgan fingerprint density at radius 1 is 0.468 bits per heavy atom. The molecular formula is C47H24N8O24. The molecule has 11 N–H and O–H groups in total. The number of hydrogen-bond donors (Lipinski definition) is 11. The third-order valence-corrected chi connectivity index (χ3v) is 11.4. The number of allylic oxidation sites excluding steroid dienone is 1. The molecule has 79 heavy (non-hydrogen) atoms. The minimum absolute atomic E-state index is 0.258. The Balaban J connectivity index is 1.48. The topological polar surface area (TPSA) is 514 Å². The van der Waals surface area contributed by atoms with Gasteiger partial charge in [-0.2, -0.15) is 9.69 Å². The van der Waals surface area contributed by atoms with Crippen LogP contribution < -0.4 is 26.8 Å². The van der Waals surface area contributed by atoms with Gasteiger partial charge in [0.05, 0.1) is 77.8 Å². The van der Waals surface area contributed by atoms with Crippen molar-refractivity contribution in [3.8, 4) is 34.6 Å². The van der Waals surface area contributed by atoms with Crippen LogP contribution in [0.1, 0.15) is 120 Å². The number of carbonyl (C=O) groups is 11. The molecule has 0 bridgehead atoms. The Morgan fingerprint density at radius 3 is 1.34 bits per heavy atom. The third-order valence-electron chi connectivity index (χ3n) is 11.4. The van der Waals surface area contributed by atoms with Crippen LogP contribution >= 0.6 is 0 Å². The molecule has 5 aromatic rings. The zero-order valence-electron chi connectivity index (χ0n) is 38.3. The van der Waals surface area contributed by atoms with E-state index in [0.717, 1.165) is 12.1 Å². The molecule has 32 nitrogen and oxygen atoms in total. The van der Waals surface area contributed by atoms with Crippen LogP contribution in [0.2, 0.25) is 0 Å². The van der Waals surface area contributed by atoms with Crippen LogP contribution in [0.15, 0.2) is 81.7 Å². The van der Waals surface area contributed by atoms with Crippen molar-refractivity contribution in [2.75, 3.05) is 5.01 Å². The number of aromatic carboxylic acids is 10. The summed E-state index contributed by atoms with van der Waals surface area (Å²) in [6, 6.07) is 5.25. The first-order valence-electron chi connectivity index (χ1n) is 21.1. The van der Waals surface area contributed by atoms with E-state index in [4.69, 9.17) is 0 Å². The molecule has 0 saturated carbocycles. The lowest BCUT2D eigenvalue weighted by molar-refractivity contribution is 0.0651. The average molecular weight is 1080 g/mol. The number of rotatable bonds is 16. The van der Waals surface area contributed by atoms with Gasteiger partial charge in [-0.05, 0) is 60.7 Å². The zero-order valence-corrected chi connectivity index (χ0v) is 38.3. The normalized spacial score (nSPS) is 12.1. The highest BCUT2D eigenvalue weighted by Crippen LogP contribution is 2.37. The Morgan fingerprint density at radius 2 is 0.911 bits per heavy atom. The van der Waals surface area contributed by atoms with E-state index in [9.17, 15) is 119 Å². The number of aromatic nitrogens is 6. The minimum Gasteiger partial charge on any atom is -0.494 e. The quantitative estimate of drug-likeness (QED) is 0.0625. The standard InChI is InChI=1S/C47H24N8O24/c56-34-20(28(46(76)77)30-32(52(34)26-10-22(42(68)69)24(12-48-26)44(72)73)50-54(36(30)58)18-6-14(38(60)61)4-15(7-18)39(62)63)2-1-3-21-29(47(78)79)31-33(53(35(21)57)27-11-23(43(70)71)25(13-49-27)45(74)75)51-55(37(31)59)19-8-16(40(64)65)5-17(9-19)41(66)67/h1-13,56H,(H,60,61)(H,62,63)(H,64,65)(H,66,67)(H,68,69)(H,70,71)(H,72,73)(H,74,75)(H,76,77)(H,78,79). The number of carboxylic acid groups (broad SMARTS) is 10. The maximum atomic E-state index is 14.8. The molecule has 0 aliphatic carbocycles. The van der Waals surface area contributed by atoms with Crippen LogP contribution in [0.3, 0.4) is 0 Å². The van der Waals surface area contributed by atoms with Crippen LogP contribution in [-0.2, 0) is 0 Å². The Kier molecular flexibility index (Phi) is 13.0. The van der Waals surface area contributed by atoms with E-state index in [1.165, 1.54) is 0 Å². The van der Waals surface area contributed by atoms with Crippen LogP contribution in [0, 0.1) is 0 Å². The molecule has 2 aromatic carbocycles. The van der Waals surface area contributed by atoms with Gasteiger partial charge in [0.25, 0.3) is 17.0 Å². The van der Waals surface area contributed by atoms with Crippen LogP contribution in [0.4, 0.5) is 5.69 Å². The van der Waals surface area contributed by atoms with E-state index in [-0.39, 0.29) is 14.3 Å². The maximum absolute atomic E-state index is 14.8. The Hall–Kier alpha value is -12.5. The number of nitrogens with zero attached hydrogens (tertiary/aromatic N) is 8. The molecule has 3 aliphatic heterocycles. The summed E-state index contributed by atoms with van der Waals surface area (Å²) < 4.78 is 0.953.